The minimum absolute atomic E-state index is 0.148. The van der Waals surface area contributed by atoms with Crippen molar-refractivity contribution in [3.8, 4) is 6.01 Å². The highest BCUT2D eigenvalue weighted by Crippen LogP contribution is 2.23. The minimum atomic E-state index is -0.618. The number of carbonyl (C=O) groups is 1. The van der Waals surface area contributed by atoms with Crippen LogP contribution in [0.3, 0.4) is 0 Å². The van der Waals surface area contributed by atoms with Crippen molar-refractivity contribution in [1.82, 2.24) is 15.0 Å². The topological polar surface area (TPSA) is 103 Å². The van der Waals surface area contributed by atoms with Crippen molar-refractivity contribution in [1.29, 1.82) is 0 Å². The van der Waals surface area contributed by atoms with E-state index in [0.717, 1.165) is 16.6 Å². The molecule has 2 heterocycles. The van der Waals surface area contributed by atoms with E-state index in [1.54, 1.807) is 6.20 Å². The number of nitrogens with one attached hydrogen (secondary N) is 1. The van der Waals surface area contributed by atoms with E-state index in [-0.39, 0.29) is 11.6 Å². The number of amides is 1. The van der Waals surface area contributed by atoms with Crippen molar-refractivity contribution in [3.63, 3.8) is 0 Å². The number of pyridine rings is 1. The lowest BCUT2D eigenvalue weighted by Gasteiger charge is -2.10. The van der Waals surface area contributed by atoms with Crippen molar-refractivity contribution >= 4 is 28.3 Å². The Kier molecular flexibility index (Phi) is 3.53. The second-order valence-electron chi connectivity index (χ2n) is 4.52. The quantitative estimate of drug-likeness (QED) is 0.761. The molecule has 0 unspecified atom stereocenters. The van der Waals surface area contributed by atoms with E-state index in [1.165, 1.54) is 13.3 Å². The number of primary amides is 1. The fraction of sp³-hybridized carbons (Fsp3) is 0.0667. The highest BCUT2D eigenvalue weighted by Gasteiger charge is 2.13. The number of carbonyl (C=O) groups excluding carboxylic acids is 1. The van der Waals surface area contributed by atoms with Gasteiger partial charge in [0.2, 0.25) is 0 Å². The first-order valence-electron chi connectivity index (χ1n) is 6.50. The maximum Gasteiger partial charge on any atom is 0.318 e. The molecule has 7 heteroatoms. The first-order chi connectivity index (χ1) is 10.7. The van der Waals surface area contributed by atoms with Crippen LogP contribution >= 0.6 is 0 Å². The second-order valence-corrected chi connectivity index (χ2v) is 4.52. The lowest BCUT2D eigenvalue weighted by Crippen LogP contribution is -2.15. The van der Waals surface area contributed by atoms with Crippen LogP contribution in [-0.4, -0.2) is 28.0 Å². The summed E-state index contributed by atoms with van der Waals surface area (Å²) in [6, 6.07) is 9.57. The van der Waals surface area contributed by atoms with E-state index in [4.69, 9.17) is 10.5 Å². The standard InChI is InChI=1S/C15H13N5O2/c1-22-15-18-8-11(13(16)21)14(20-15)19-10-4-5-12-9(7-10)3-2-6-17-12/h2-8H,1H3,(H2,16,21)(H,18,19,20). The number of methoxy groups -OCH3 is 1. The number of ether oxygens (including phenoxy) is 1. The maximum atomic E-state index is 11.5. The van der Waals surface area contributed by atoms with Crippen LogP contribution in [0.4, 0.5) is 11.5 Å². The molecule has 110 valence electrons. The summed E-state index contributed by atoms with van der Waals surface area (Å²) in [6.07, 6.45) is 3.06. The molecule has 0 radical (unpaired) electrons. The predicted molar refractivity (Wildman–Crippen MR) is 82.1 cm³/mol. The number of hydrogen-bond donors (Lipinski definition) is 2. The number of aromatic nitrogens is 3. The molecule has 3 N–H and O–H groups in total. The molecule has 0 aliphatic heterocycles. The first kappa shape index (κ1) is 13.7. The Morgan fingerprint density at radius 3 is 2.91 bits per heavy atom. The fourth-order valence-electron chi connectivity index (χ4n) is 2.03. The molecule has 0 saturated heterocycles. The van der Waals surface area contributed by atoms with Gasteiger partial charge in [-0.15, -0.1) is 0 Å². The molecule has 1 aromatic carbocycles. The molecule has 2 aromatic heterocycles. The van der Waals surface area contributed by atoms with Gasteiger partial charge < -0.3 is 15.8 Å². The largest absolute Gasteiger partial charge is 0.467 e. The average molecular weight is 295 g/mol. The molecule has 7 nitrogen and oxygen atoms in total. The number of hydrogen-bond acceptors (Lipinski definition) is 6. The first-order valence-corrected chi connectivity index (χ1v) is 6.50. The molecular formula is C15H13N5O2. The maximum absolute atomic E-state index is 11.5. The molecule has 0 spiro atoms. The predicted octanol–water partition coefficient (Wildman–Crippen LogP) is 1.88. The third-order valence-electron chi connectivity index (χ3n) is 3.08. The van der Waals surface area contributed by atoms with Crippen LogP contribution in [0.5, 0.6) is 6.01 Å². The van der Waals surface area contributed by atoms with E-state index < -0.39 is 5.91 Å². The zero-order valence-corrected chi connectivity index (χ0v) is 11.8. The van der Waals surface area contributed by atoms with Gasteiger partial charge in [-0.05, 0) is 24.3 Å². The molecule has 3 rings (SSSR count). The van der Waals surface area contributed by atoms with Crippen molar-refractivity contribution in [3.05, 3.63) is 48.3 Å². The van der Waals surface area contributed by atoms with Gasteiger partial charge in [0.1, 0.15) is 5.56 Å². The zero-order valence-electron chi connectivity index (χ0n) is 11.8. The van der Waals surface area contributed by atoms with Crippen molar-refractivity contribution in [2.75, 3.05) is 12.4 Å². The van der Waals surface area contributed by atoms with Gasteiger partial charge >= 0.3 is 6.01 Å². The number of nitrogens with two attached hydrogens (primary N) is 1. The van der Waals surface area contributed by atoms with Crippen LogP contribution < -0.4 is 15.8 Å². The molecule has 3 aromatic rings. The summed E-state index contributed by atoms with van der Waals surface area (Å²) >= 11 is 0. The van der Waals surface area contributed by atoms with Crippen molar-refractivity contribution in [2.24, 2.45) is 5.73 Å². The van der Waals surface area contributed by atoms with Crippen LogP contribution in [0.2, 0.25) is 0 Å². The Balaban J connectivity index is 2.01. The zero-order chi connectivity index (χ0) is 15.5. The number of rotatable bonds is 4. The lowest BCUT2D eigenvalue weighted by molar-refractivity contribution is 0.100. The van der Waals surface area contributed by atoms with Gasteiger partial charge in [-0.3, -0.25) is 9.78 Å². The van der Waals surface area contributed by atoms with Crippen LogP contribution in [-0.2, 0) is 0 Å². The Morgan fingerprint density at radius 2 is 2.14 bits per heavy atom. The summed E-state index contributed by atoms with van der Waals surface area (Å²) in [7, 11) is 1.45. The van der Waals surface area contributed by atoms with Gasteiger partial charge in [0.05, 0.1) is 12.6 Å². The van der Waals surface area contributed by atoms with Gasteiger partial charge in [-0.25, -0.2) is 4.98 Å². The van der Waals surface area contributed by atoms with Gasteiger partial charge in [0.15, 0.2) is 5.82 Å². The SMILES string of the molecule is COc1ncc(C(N)=O)c(Nc2ccc3ncccc3c2)n1. The number of anilines is 2. The van der Waals surface area contributed by atoms with Crippen LogP contribution in [0.1, 0.15) is 10.4 Å². The monoisotopic (exact) mass is 295 g/mol. The summed E-state index contributed by atoms with van der Waals surface area (Å²) in [5.74, 6) is -0.324. The van der Waals surface area contributed by atoms with Gasteiger partial charge in [0, 0.05) is 23.5 Å². The lowest BCUT2D eigenvalue weighted by atomic mass is 10.2. The van der Waals surface area contributed by atoms with Crippen molar-refractivity contribution < 1.29 is 9.53 Å². The molecule has 1 amide bonds. The summed E-state index contributed by atoms with van der Waals surface area (Å²) in [5.41, 5.74) is 7.16. The van der Waals surface area contributed by atoms with Crippen molar-refractivity contribution in [2.45, 2.75) is 0 Å². The summed E-state index contributed by atoms with van der Waals surface area (Å²) < 4.78 is 4.97. The summed E-state index contributed by atoms with van der Waals surface area (Å²) in [6.45, 7) is 0. The molecule has 0 atom stereocenters. The normalized spacial score (nSPS) is 10.4. The molecule has 0 aliphatic carbocycles. The van der Waals surface area contributed by atoms with E-state index in [9.17, 15) is 4.79 Å². The highest BCUT2D eigenvalue weighted by atomic mass is 16.5. The number of nitrogens with zero attached hydrogens (tertiary/aromatic N) is 3. The third-order valence-corrected chi connectivity index (χ3v) is 3.08. The highest BCUT2D eigenvalue weighted by molar-refractivity contribution is 5.98. The van der Waals surface area contributed by atoms with E-state index in [1.807, 2.05) is 30.3 Å². The van der Waals surface area contributed by atoms with Crippen LogP contribution in [0, 0.1) is 0 Å². The molecule has 0 bridgehead atoms. The van der Waals surface area contributed by atoms with Crippen LogP contribution in [0.25, 0.3) is 10.9 Å². The van der Waals surface area contributed by atoms with Gasteiger partial charge in [0.25, 0.3) is 5.91 Å². The Labute approximate surface area is 126 Å². The minimum Gasteiger partial charge on any atom is -0.467 e. The Morgan fingerprint density at radius 1 is 1.27 bits per heavy atom. The smallest absolute Gasteiger partial charge is 0.318 e. The van der Waals surface area contributed by atoms with Gasteiger partial charge in [-0.2, -0.15) is 4.98 Å². The fourth-order valence-corrected chi connectivity index (χ4v) is 2.03. The average Bonchev–Trinajstić information content (AvgIpc) is 2.54. The molecule has 0 saturated carbocycles. The van der Waals surface area contributed by atoms with E-state index in [2.05, 4.69) is 20.3 Å². The molecule has 0 aliphatic rings. The summed E-state index contributed by atoms with van der Waals surface area (Å²) in [4.78, 5) is 23.7. The molecular weight excluding hydrogens is 282 g/mol. The number of benzene rings is 1. The molecule has 0 fully saturated rings. The van der Waals surface area contributed by atoms with E-state index in [0.29, 0.717) is 5.82 Å². The Bertz CT molecular complexity index is 850. The molecule has 22 heavy (non-hydrogen) atoms. The third kappa shape index (κ3) is 2.64. The van der Waals surface area contributed by atoms with E-state index >= 15 is 0 Å². The summed E-state index contributed by atoms with van der Waals surface area (Å²) in [5, 5.41) is 4.03. The van der Waals surface area contributed by atoms with Crippen LogP contribution in [0.15, 0.2) is 42.7 Å². The van der Waals surface area contributed by atoms with Gasteiger partial charge in [-0.1, -0.05) is 6.07 Å². The Hall–Kier alpha value is -3.22. The number of fused-ring (bicyclic) bond motifs is 1. The second kappa shape index (κ2) is 5.65.